The van der Waals surface area contributed by atoms with Crippen molar-refractivity contribution in [2.45, 2.75) is 20.8 Å². The van der Waals surface area contributed by atoms with Crippen LogP contribution in [0.15, 0.2) is 162 Å². The molecule has 0 aliphatic rings. The summed E-state index contributed by atoms with van der Waals surface area (Å²) in [6.45, 7) is 6.01. The first-order chi connectivity index (χ1) is 24.0. The fourth-order valence-corrected chi connectivity index (χ4v) is 6.12. The molecule has 6 nitrogen and oxygen atoms in total. The number of rotatable bonds is 9. The van der Waals surface area contributed by atoms with Gasteiger partial charge in [-0.2, -0.15) is 10.2 Å². The van der Waals surface area contributed by atoms with Gasteiger partial charge in [-0.25, -0.2) is 14.1 Å². The largest absolute Gasteiger partial charge is 0.462 e. The zero-order chi connectivity index (χ0) is 33.7. The molecule has 0 aliphatic carbocycles. The van der Waals surface area contributed by atoms with Crippen LogP contribution in [-0.4, -0.2) is 33.4 Å². The highest BCUT2D eigenvalue weighted by Gasteiger charge is 2.25. The van der Waals surface area contributed by atoms with Crippen molar-refractivity contribution in [1.82, 2.24) is 9.35 Å². The molecule has 0 saturated carbocycles. The molecule has 0 spiro atoms. The van der Waals surface area contributed by atoms with Gasteiger partial charge in [0.15, 0.2) is 0 Å². The molecule has 0 radical (unpaired) electrons. The summed E-state index contributed by atoms with van der Waals surface area (Å²) < 4.78 is 9.45. The van der Waals surface area contributed by atoms with Gasteiger partial charge in [0.2, 0.25) is 0 Å². The Morgan fingerprint density at radius 3 is 1.67 bits per heavy atom. The number of nitrogens with zero attached hydrogens (tertiary/aromatic N) is 4. The molecular formula is C43H36N4O2. The van der Waals surface area contributed by atoms with E-state index in [0.29, 0.717) is 17.0 Å². The highest BCUT2D eigenvalue weighted by Crippen LogP contribution is 2.37. The number of aromatic nitrogens is 2. The van der Waals surface area contributed by atoms with Gasteiger partial charge < -0.3 is 4.74 Å². The Hall–Kier alpha value is -6.27. The summed E-state index contributed by atoms with van der Waals surface area (Å²) in [6, 6.07) is 50.9. The fraction of sp³-hybridized carbons (Fsp3) is 0.0930. The summed E-state index contributed by atoms with van der Waals surface area (Å²) in [5.41, 5.74) is 9.17. The summed E-state index contributed by atoms with van der Waals surface area (Å²) in [4.78, 5) is 13.6. The molecule has 0 unspecified atom stereocenters. The lowest BCUT2D eigenvalue weighted by Gasteiger charge is -2.14. The lowest BCUT2D eigenvalue weighted by Crippen LogP contribution is -2.13. The quantitative estimate of drug-likeness (QED) is 0.116. The van der Waals surface area contributed by atoms with Gasteiger partial charge in [0.25, 0.3) is 0 Å². The highest BCUT2D eigenvalue weighted by atomic mass is 16.5. The molecule has 7 aromatic rings. The van der Waals surface area contributed by atoms with Crippen LogP contribution in [0.4, 0.5) is 0 Å². The van der Waals surface area contributed by atoms with Crippen LogP contribution in [0.3, 0.4) is 0 Å². The average molecular weight is 641 g/mol. The van der Waals surface area contributed by atoms with E-state index in [-0.39, 0.29) is 6.61 Å². The van der Waals surface area contributed by atoms with Gasteiger partial charge in [-0.15, -0.1) is 0 Å². The van der Waals surface area contributed by atoms with E-state index in [1.165, 1.54) is 0 Å². The third-order valence-corrected chi connectivity index (χ3v) is 8.60. The van der Waals surface area contributed by atoms with Gasteiger partial charge >= 0.3 is 5.97 Å². The molecule has 2 heterocycles. The van der Waals surface area contributed by atoms with E-state index in [4.69, 9.17) is 14.9 Å². The van der Waals surface area contributed by atoms with Gasteiger partial charge in [0.05, 0.1) is 46.4 Å². The van der Waals surface area contributed by atoms with E-state index in [2.05, 4.69) is 60.7 Å². The van der Waals surface area contributed by atoms with Crippen molar-refractivity contribution >= 4 is 28.2 Å². The van der Waals surface area contributed by atoms with E-state index >= 15 is 0 Å². The van der Waals surface area contributed by atoms with E-state index in [9.17, 15) is 4.79 Å². The molecule has 6 heteroatoms. The Kier molecular flexibility index (Phi) is 8.85. The van der Waals surface area contributed by atoms with E-state index in [1.54, 1.807) is 0 Å². The van der Waals surface area contributed by atoms with E-state index in [1.807, 2.05) is 121 Å². The maximum Gasteiger partial charge on any atom is 0.340 e. The molecule has 0 N–H and O–H groups in total. The molecule has 0 bridgehead atoms. The average Bonchev–Trinajstić information content (AvgIpc) is 3.74. The topological polar surface area (TPSA) is 60.9 Å². The second-order valence-corrected chi connectivity index (χ2v) is 11.7. The van der Waals surface area contributed by atoms with Crippen LogP contribution in [0.2, 0.25) is 0 Å². The number of benzene rings is 5. The predicted molar refractivity (Wildman–Crippen MR) is 201 cm³/mol. The van der Waals surface area contributed by atoms with Crippen LogP contribution in [0.1, 0.15) is 31.1 Å². The molecule has 49 heavy (non-hydrogen) atoms. The molecule has 7 rings (SSSR count). The number of carbonyl (C=O) groups is 1. The van der Waals surface area contributed by atoms with Crippen molar-refractivity contribution in [2.75, 3.05) is 6.61 Å². The number of carbonyl (C=O) groups excluding carboxylic acids is 1. The molecule has 0 atom stereocenters. The Morgan fingerprint density at radius 2 is 1.08 bits per heavy atom. The van der Waals surface area contributed by atoms with Crippen molar-refractivity contribution in [1.29, 1.82) is 0 Å². The number of fused-ring (bicyclic) bond motifs is 1. The maximum atomic E-state index is 13.6. The minimum absolute atomic E-state index is 0.264. The van der Waals surface area contributed by atoms with Crippen LogP contribution in [0, 0.1) is 0 Å². The normalized spacial score (nSPS) is 12.0. The smallest absolute Gasteiger partial charge is 0.340 e. The Morgan fingerprint density at radius 1 is 0.571 bits per heavy atom. The maximum absolute atomic E-state index is 13.6. The van der Waals surface area contributed by atoms with Crippen LogP contribution in [0.5, 0.6) is 0 Å². The molecule has 240 valence electrons. The number of esters is 1. The minimum Gasteiger partial charge on any atom is -0.462 e. The number of hydrogen-bond acceptors (Lipinski definition) is 4. The standard InChI is InChI=1S/C43H36N4O2/c1-4-49-43(48)38-29-41(37-26-16-24-32-17-14-15-25-36(32)37)47(42(38)35-22-12-7-13-23-35)45-31(3)30(2)44-46-39(33-18-8-5-9-19-33)27-28-40(46)34-20-10-6-11-21-34/h5-29H,4H2,1-3H3/b44-30+,45-31+. The first kappa shape index (κ1) is 31.3. The van der Waals surface area contributed by atoms with Crippen LogP contribution < -0.4 is 0 Å². The molecule has 2 aromatic heterocycles. The Bertz CT molecular complexity index is 2250. The fourth-order valence-electron chi connectivity index (χ4n) is 6.12. The zero-order valence-corrected chi connectivity index (χ0v) is 27.7. The third-order valence-electron chi connectivity index (χ3n) is 8.60. The van der Waals surface area contributed by atoms with E-state index in [0.717, 1.165) is 55.8 Å². The predicted octanol–water partition coefficient (Wildman–Crippen LogP) is 10.4. The number of ether oxygens (including phenoxy) is 1. The summed E-state index contributed by atoms with van der Waals surface area (Å²) in [7, 11) is 0. The first-order valence-electron chi connectivity index (χ1n) is 16.4. The van der Waals surface area contributed by atoms with Crippen molar-refractivity contribution in [2.24, 2.45) is 10.2 Å². The van der Waals surface area contributed by atoms with Crippen molar-refractivity contribution in [3.63, 3.8) is 0 Å². The first-order valence-corrected chi connectivity index (χ1v) is 16.4. The van der Waals surface area contributed by atoms with Crippen molar-refractivity contribution < 1.29 is 9.53 Å². The van der Waals surface area contributed by atoms with Crippen LogP contribution >= 0.6 is 0 Å². The molecule has 0 amide bonds. The lowest BCUT2D eigenvalue weighted by atomic mass is 10.0. The second kappa shape index (κ2) is 13.8. The molecule has 0 aliphatic heterocycles. The van der Waals surface area contributed by atoms with Gasteiger partial charge in [0.1, 0.15) is 0 Å². The third kappa shape index (κ3) is 6.24. The van der Waals surface area contributed by atoms with Gasteiger partial charge in [-0.05, 0) is 49.7 Å². The monoisotopic (exact) mass is 640 g/mol. The van der Waals surface area contributed by atoms with E-state index < -0.39 is 5.97 Å². The van der Waals surface area contributed by atoms with Gasteiger partial charge in [0, 0.05) is 22.3 Å². The molecule has 0 fully saturated rings. The number of hydrogen-bond donors (Lipinski definition) is 0. The molecular weight excluding hydrogens is 604 g/mol. The molecule has 0 saturated heterocycles. The second-order valence-electron chi connectivity index (χ2n) is 11.7. The minimum atomic E-state index is -0.396. The van der Waals surface area contributed by atoms with Crippen molar-refractivity contribution in [3.05, 3.63) is 157 Å². The summed E-state index contributed by atoms with van der Waals surface area (Å²) in [6.07, 6.45) is 0. The summed E-state index contributed by atoms with van der Waals surface area (Å²) in [5.74, 6) is -0.396. The van der Waals surface area contributed by atoms with Gasteiger partial charge in [-0.1, -0.05) is 133 Å². The summed E-state index contributed by atoms with van der Waals surface area (Å²) in [5, 5.41) is 12.6. The van der Waals surface area contributed by atoms with Gasteiger partial charge in [-0.3, -0.25) is 0 Å². The Labute approximate surface area is 286 Å². The summed E-state index contributed by atoms with van der Waals surface area (Å²) >= 11 is 0. The Balaban J connectivity index is 1.45. The highest BCUT2D eigenvalue weighted by molar-refractivity contribution is 6.40. The van der Waals surface area contributed by atoms with Crippen molar-refractivity contribution in [3.8, 4) is 45.0 Å². The zero-order valence-electron chi connectivity index (χ0n) is 27.7. The van der Waals surface area contributed by atoms with Crippen LogP contribution in [0.25, 0.3) is 55.8 Å². The SMILES string of the molecule is CCOC(=O)c1cc(-c2cccc3ccccc23)n(/N=C(C)/C(C)=N/n2c(-c3ccccc3)ccc2-c2ccccc2)c1-c1ccccc1. The van der Waals surface area contributed by atoms with Crippen LogP contribution in [-0.2, 0) is 4.74 Å². The molecule has 5 aromatic carbocycles. The lowest BCUT2D eigenvalue weighted by molar-refractivity contribution is 0.0527.